The second-order valence-corrected chi connectivity index (χ2v) is 4.12. The number of benzene rings is 2. The largest absolute Gasteiger partial charge is 0.488 e. The molecule has 2 rings (SSSR count). The molecular formula is C15H12F2O2. The highest BCUT2D eigenvalue weighted by Crippen LogP contribution is 2.20. The maximum absolute atomic E-state index is 13.0. The van der Waals surface area contributed by atoms with E-state index in [-0.39, 0.29) is 12.4 Å². The molecule has 19 heavy (non-hydrogen) atoms. The first-order valence-electron chi connectivity index (χ1n) is 5.74. The van der Waals surface area contributed by atoms with Crippen LogP contribution in [0.15, 0.2) is 42.5 Å². The Bertz CT molecular complexity index is 589. The number of ketones is 1. The normalized spacial score (nSPS) is 10.3. The van der Waals surface area contributed by atoms with Gasteiger partial charge in [-0.15, -0.1) is 0 Å². The SMILES string of the molecule is CC(=O)c1ccccc1OCc1cc(F)cc(F)c1. The first-order valence-corrected chi connectivity index (χ1v) is 5.74. The van der Waals surface area contributed by atoms with Crippen molar-refractivity contribution in [3.8, 4) is 5.75 Å². The van der Waals surface area contributed by atoms with Gasteiger partial charge in [0.1, 0.15) is 24.0 Å². The molecule has 0 fully saturated rings. The van der Waals surface area contributed by atoms with Crippen LogP contribution in [0.3, 0.4) is 0 Å². The number of carbonyl (C=O) groups is 1. The van der Waals surface area contributed by atoms with Crippen LogP contribution in [0.25, 0.3) is 0 Å². The molecule has 0 amide bonds. The summed E-state index contributed by atoms with van der Waals surface area (Å²) >= 11 is 0. The van der Waals surface area contributed by atoms with Gasteiger partial charge in [0.15, 0.2) is 5.78 Å². The summed E-state index contributed by atoms with van der Waals surface area (Å²) in [6, 6.07) is 9.93. The van der Waals surface area contributed by atoms with E-state index in [0.29, 0.717) is 16.9 Å². The first-order chi connectivity index (χ1) is 9.06. The van der Waals surface area contributed by atoms with Crippen LogP contribution in [-0.4, -0.2) is 5.78 Å². The lowest BCUT2D eigenvalue weighted by atomic mass is 10.1. The zero-order valence-corrected chi connectivity index (χ0v) is 10.3. The number of hydrogen-bond donors (Lipinski definition) is 0. The van der Waals surface area contributed by atoms with Gasteiger partial charge in [0.25, 0.3) is 0 Å². The van der Waals surface area contributed by atoms with Crippen molar-refractivity contribution < 1.29 is 18.3 Å². The van der Waals surface area contributed by atoms with Crippen molar-refractivity contribution in [1.29, 1.82) is 0 Å². The zero-order valence-electron chi connectivity index (χ0n) is 10.3. The van der Waals surface area contributed by atoms with Gasteiger partial charge in [0.2, 0.25) is 0 Å². The second-order valence-electron chi connectivity index (χ2n) is 4.12. The summed E-state index contributed by atoms with van der Waals surface area (Å²) in [6.07, 6.45) is 0. The van der Waals surface area contributed by atoms with Crippen molar-refractivity contribution in [3.05, 3.63) is 65.2 Å². The van der Waals surface area contributed by atoms with Crippen molar-refractivity contribution in [2.75, 3.05) is 0 Å². The van der Waals surface area contributed by atoms with E-state index < -0.39 is 11.6 Å². The van der Waals surface area contributed by atoms with E-state index in [1.165, 1.54) is 19.1 Å². The lowest BCUT2D eigenvalue weighted by molar-refractivity contribution is 0.101. The average Bonchev–Trinajstić information content (AvgIpc) is 2.35. The summed E-state index contributed by atoms with van der Waals surface area (Å²) in [6.45, 7) is 1.43. The standard InChI is InChI=1S/C15H12F2O2/c1-10(18)14-4-2-3-5-15(14)19-9-11-6-12(16)8-13(17)7-11/h2-8H,9H2,1H3. The van der Waals surface area contributed by atoms with Gasteiger partial charge in [-0.2, -0.15) is 0 Å². The topological polar surface area (TPSA) is 26.3 Å². The van der Waals surface area contributed by atoms with Gasteiger partial charge >= 0.3 is 0 Å². The van der Waals surface area contributed by atoms with Crippen molar-refractivity contribution in [3.63, 3.8) is 0 Å². The molecule has 0 atom stereocenters. The van der Waals surface area contributed by atoms with Gasteiger partial charge in [-0.3, -0.25) is 4.79 Å². The lowest BCUT2D eigenvalue weighted by Crippen LogP contribution is -2.02. The van der Waals surface area contributed by atoms with Crippen LogP contribution in [0.1, 0.15) is 22.8 Å². The van der Waals surface area contributed by atoms with Crippen molar-refractivity contribution in [1.82, 2.24) is 0 Å². The van der Waals surface area contributed by atoms with Gasteiger partial charge in [0, 0.05) is 6.07 Å². The summed E-state index contributed by atoms with van der Waals surface area (Å²) in [5.74, 6) is -1.03. The predicted octanol–water partition coefficient (Wildman–Crippen LogP) is 3.75. The summed E-state index contributed by atoms with van der Waals surface area (Å²) < 4.78 is 31.5. The van der Waals surface area contributed by atoms with Crippen molar-refractivity contribution >= 4 is 5.78 Å². The third-order valence-electron chi connectivity index (χ3n) is 2.58. The van der Waals surface area contributed by atoms with Crippen LogP contribution in [0.5, 0.6) is 5.75 Å². The fourth-order valence-corrected chi connectivity index (χ4v) is 1.74. The highest BCUT2D eigenvalue weighted by atomic mass is 19.1. The Kier molecular flexibility index (Phi) is 3.90. The number of carbonyl (C=O) groups excluding carboxylic acids is 1. The van der Waals surface area contributed by atoms with E-state index in [1.54, 1.807) is 24.3 Å². The molecule has 0 aliphatic rings. The van der Waals surface area contributed by atoms with E-state index in [1.807, 2.05) is 0 Å². The molecule has 0 saturated heterocycles. The monoisotopic (exact) mass is 262 g/mol. The summed E-state index contributed by atoms with van der Waals surface area (Å²) in [5, 5.41) is 0. The molecule has 0 aliphatic heterocycles. The molecule has 0 N–H and O–H groups in total. The molecule has 0 aromatic heterocycles. The predicted molar refractivity (Wildman–Crippen MR) is 67.1 cm³/mol. The molecule has 0 aliphatic carbocycles. The van der Waals surface area contributed by atoms with Gasteiger partial charge in [-0.05, 0) is 36.8 Å². The summed E-state index contributed by atoms with van der Waals surface area (Å²) in [4.78, 5) is 11.4. The Morgan fingerprint density at radius 2 is 1.74 bits per heavy atom. The van der Waals surface area contributed by atoms with E-state index >= 15 is 0 Å². The molecule has 2 aromatic carbocycles. The summed E-state index contributed by atoms with van der Waals surface area (Å²) in [7, 11) is 0. The minimum absolute atomic E-state index is 0.00102. The molecule has 2 nitrogen and oxygen atoms in total. The molecule has 0 saturated carbocycles. The molecule has 0 unspecified atom stereocenters. The smallest absolute Gasteiger partial charge is 0.163 e. The first kappa shape index (κ1) is 13.2. The Morgan fingerprint density at radius 3 is 2.37 bits per heavy atom. The molecule has 0 radical (unpaired) electrons. The Balaban J connectivity index is 2.16. The van der Waals surface area contributed by atoms with E-state index in [0.717, 1.165) is 6.07 Å². The molecular weight excluding hydrogens is 250 g/mol. The minimum atomic E-state index is -0.654. The van der Waals surface area contributed by atoms with Crippen LogP contribution in [0.2, 0.25) is 0 Å². The second kappa shape index (κ2) is 5.61. The van der Waals surface area contributed by atoms with Crippen LogP contribution in [0, 0.1) is 11.6 Å². The molecule has 2 aromatic rings. The van der Waals surface area contributed by atoms with E-state index in [9.17, 15) is 13.6 Å². The Hall–Kier alpha value is -2.23. The molecule has 0 spiro atoms. The number of para-hydroxylation sites is 1. The third-order valence-corrected chi connectivity index (χ3v) is 2.58. The zero-order chi connectivity index (χ0) is 13.8. The highest BCUT2D eigenvalue weighted by Gasteiger charge is 2.08. The third kappa shape index (κ3) is 3.37. The van der Waals surface area contributed by atoms with Gasteiger partial charge in [-0.25, -0.2) is 8.78 Å². The quantitative estimate of drug-likeness (QED) is 0.784. The lowest BCUT2D eigenvalue weighted by Gasteiger charge is -2.09. The number of rotatable bonds is 4. The van der Waals surface area contributed by atoms with E-state index in [2.05, 4.69) is 0 Å². The van der Waals surface area contributed by atoms with Crippen LogP contribution < -0.4 is 4.74 Å². The summed E-state index contributed by atoms with van der Waals surface area (Å²) in [5.41, 5.74) is 0.815. The molecule has 0 heterocycles. The van der Waals surface area contributed by atoms with E-state index in [4.69, 9.17) is 4.74 Å². The molecule has 0 bridgehead atoms. The number of Topliss-reactive ketones (excluding diaryl/α,β-unsaturated/α-hetero) is 1. The maximum atomic E-state index is 13.0. The van der Waals surface area contributed by atoms with Gasteiger partial charge < -0.3 is 4.74 Å². The number of halogens is 2. The maximum Gasteiger partial charge on any atom is 0.163 e. The average molecular weight is 262 g/mol. The van der Waals surface area contributed by atoms with Crippen molar-refractivity contribution in [2.45, 2.75) is 13.5 Å². The van der Waals surface area contributed by atoms with Gasteiger partial charge in [-0.1, -0.05) is 12.1 Å². The molecule has 98 valence electrons. The Morgan fingerprint density at radius 1 is 1.11 bits per heavy atom. The number of hydrogen-bond acceptors (Lipinski definition) is 2. The molecule has 4 heteroatoms. The van der Waals surface area contributed by atoms with Crippen molar-refractivity contribution in [2.24, 2.45) is 0 Å². The Labute approximate surface area is 109 Å². The number of ether oxygens (including phenoxy) is 1. The highest BCUT2D eigenvalue weighted by molar-refractivity contribution is 5.96. The van der Waals surface area contributed by atoms with Crippen LogP contribution in [-0.2, 0) is 6.61 Å². The fraction of sp³-hybridized carbons (Fsp3) is 0.133. The fourth-order valence-electron chi connectivity index (χ4n) is 1.74. The van der Waals surface area contributed by atoms with Gasteiger partial charge in [0.05, 0.1) is 5.56 Å². The van der Waals surface area contributed by atoms with Crippen LogP contribution >= 0.6 is 0 Å². The van der Waals surface area contributed by atoms with Crippen LogP contribution in [0.4, 0.5) is 8.78 Å². The minimum Gasteiger partial charge on any atom is -0.488 e.